The van der Waals surface area contributed by atoms with Crippen LogP contribution in [-0.2, 0) is 0 Å². The van der Waals surface area contributed by atoms with Crippen molar-refractivity contribution in [1.29, 1.82) is 0 Å². The number of aromatic amines is 1. The van der Waals surface area contributed by atoms with Gasteiger partial charge < -0.3 is 9.88 Å². The second-order valence-corrected chi connectivity index (χ2v) is 7.75. The standard InChI is InChI=1S/C23H18F2N4O2/c24-23(25)5-7-29(8-6-23)22(31)16-4-2-14-1-3-15(9-17(14)10-16)18-11-19-20(26-12-18)21(30)28-13-27-19/h1-4,9-13H,5-8H2,(H,27,28,30). The largest absolute Gasteiger partial charge is 0.338 e. The molecule has 1 aliphatic rings. The molecule has 2 aromatic carbocycles. The van der Waals surface area contributed by atoms with Crippen LogP contribution in [0.4, 0.5) is 8.78 Å². The van der Waals surface area contributed by atoms with E-state index in [1.807, 2.05) is 24.3 Å². The maximum atomic E-state index is 13.4. The zero-order valence-corrected chi connectivity index (χ0v) is 16.4. The maximum Gasteiger partial charge on any atom is 0.277 e. The fourth-order valence-electron chi connectivity index (χ4n) is 3.89. The van der Waals surface area contributed by atoms with Crippen LogP contribution < -0.4 is 5.56 Å². The molecule has 1 saturated heterocycles. The van der Waals surface area contributed by atoms with Gasteiger partial charge in [-0.05, 0) is 40.6 Å². The maximum absolute atomic E-state index is 13.4. The van der Waals surface area contributed by atoms with Crippen molar-refractivity contribution in [3.8, 4) is 11.1 Å². The molecule has 1 fully saturated rings. The van der Waals surface area contributed by atoms with E-state index < -0.39 is 5.92 Å². The summed E-state index contributed by atoms with van der Waals surface area (Å²) in [6, 6.07) is 13.0. The van der Waals surface area contributed by atoms with E-state index in [-0.39, 0.29) is 42.9 Å². The normalized spacial score (nSPS) is 16.0. The van der Waals surface area contributed by atoms with Gasteiger partial charge in [-0.15, -0.1) is 0 Å². The van der Waals surface area contributed by atoms with E-state index in [2.05, 4.69) is 15.0 Å². The Kier molecular flexibility index (Phi) is 4.50. The molecule has 0 bridgehead atoms. The Labute approximate surface area is 175 Å². The Morgan fingerprint density at radius 3 is 2.55 bits per heavy atom. The van der Waals surface area contributed by atoms with Crippen molar-refractivity contribution in [2.45, 2.75) is 18.8 Å². The monoisotopic (exact) mass is 420 g/mol. The number of carbonyl (C=O) groups is 1. The highest BCUT2D eigenvalue weighted by Gasteiger charge is 2.35. The van der Waals surface area contributed by atoms with E-state index >= 15 is 0 Å². The number of benzene rings is 2. The topological polar surface area (TPSA) is 79.0 Å². The van der Waals surface area contributed by atoms with Crippen molar-refractivity contribution in [2.75, 3.05) is 13.1 Å². The lowest BCUT2D eigenvalue weighted by Crippen LogP contribution is -2.42. The number of fused-ring (bicyclic) bond motifs is 2. The van der Waals surface area contributed by atoms with Gasteiger partial charge in [0.25, 0.3) is 17.4 Å². The Hall–Kier alpha value is -3.68. The number of halogens is 2. The molecular weight excluding hydrogens is 402 g/mol. The van der Waals surface area contributed by atoms with Crippen LogP contribution in [0.1, 0.15) is 23.2 Å². The number of piperidine rings is 1. The summed E-state index contributed by atoms with van der Waals surface area (Å²) in [6.45, 7) is 0.109. The number of likely N-dealkylation sites (tertiary alicyclic amines) is 1. The Morgan fingerprint density at radius 1 is 0.968 bits per heavy atom. The quantitative estimate of drug-likeness (QED) is 0.532. The van der Waals surface area contributed by atoms with Crippen LogP contribution in [0.3, 0.4) is 0 Å². The number of carbonyl (C=O) groups excluding carboxylic acids is 1. The number of H-pyrrole nitrogens is 1. The van der Waals surface area contributed by atoms with E-state index in [4.69, 9.17) is 0 Å². The van der Waals surface area contributed by atoms with Gasteiger partial charge in [0.05, 0.1) is 11.8 Å². The second kappa shape index (κ2) is 7.23. The van der Waals surface area contributed by atoms with Gasteiger partial charge in [0.15, 0.2) is 5.52 Å². The molecule has 8 heteroatoms. The molecule has 1 N–H and O–H groups in total. The molecule has 1 amide bonds. The van der Waals surface area contributed by atoms with Crippen molar-refractivity contribution in [3.63, 3.8) is 0 Å². The number of hydrogen-bond donors (Lipinski definition) is 1. The first-order valence-electron chi connectivity index (χ1n) is 9.94. The minimum Gasteiger partial charge on any atom is -0.338 e. The third kappa shape index (κ3) is 3.65. The van der Waals surface area contributed by atoms with Gasteiger partial charge in [0.2, 0.25) is 0 Å². The molecule has 0 unspecified atom stereocenters. The van der Waals surface area contributed by atoms with Crippen molar-refractivity contribution in [2.24, 2.45) is 0 Å². The van der Waals surface area contributed by atoms with Crippen LogP contribution in [0.2, 0.25) is 0 Å². The third-order valence-electron chi connectivity index (χ3n) is 5.68. The minimum absolute atomic E-state index is 0.0544. The zero-order valence-electron chi connectivity index (χ0n) is 16.4. The SMILES string of the molecule is O=C(c1ccc2ccc(-c3cnc4c(=O)[nH]cnc4c3)cc2c1)N1CCC(F)(F)CC1. The molecule has 0 saturated carbocycles. The number of aromatic nitrogens is 3. The Bertz CT molecular complexity index is 1370. The Balaban J connectivity index is 1.48. The predicted octanol–water partition coefficient (Wildman–Crippen LogP) is 4.01. The molecule has 3 heterocycles. The molecule has 31 heavy (non-hydrogen) atoms. The van der Waals surface area contributed by atoms with Crippen molar-refractivity contribution < 1.29 is 13.6 Å². The summed E-state index contributed by atoms with van der Waals surface area (Å²) in [5, 5.41) is 1.80. The smallest absolute Gasteiger partial charge is 0.277 e. The first-order valence-corrected chi connectivity index (χ1v) is 9.94. The van der Waals surface area contributed by atoms with Crippen LogP contribution in [-0.4, -0.2) is 44.8 Å². The van der Waals surface area contributed by atoms with Gasteiger partial charge in [0.1, 0.15) is 0 Å². The van der Waals surface area contributed by atoms with Gasteiger partial charge in [-0.2, -0.15) is 0 Å². The lowest BCUT2D eigenvalue weighted by Gasteiger charge is -2.31. The van der Waals surface area contributed by atoms with Crippen LogP contribution in [0, 0.1) is 0 Å². The van der Waals surface area contributed by atoms with E-state index in [1.54, 1.807) is 24.4 Å². The minimum atomic E-state index is -2.69. The summed E-state index contributed by atoms with van der Waals surface area (Å²) in [5.74, 6) is -2.93. The number of alkyl halides is 2. The van der Waals surface area contributed by atoms with Gasteiger partial charge in [0, 0.05) is 43.3 Å². The van der Waals surface area contributed by atoms with E-state index in [0.29, 0.717) is 11.1 Å². The number of pyridine rings is 1. The molecule has 0 aliphatic carbocycles. The third-order valence-corrected chi connectivity index (χ3v) is 5.68. The molecule has 0 radical (unpaired) electrons. The predicted molar refractivity (Wildman–Crippen MR) is 113 cm³/mol. The number of hydrogen-bond acceptors (Lipinski definition) is 4. The molecule has 5 rings (SSSR count). The highest BCUT2D eigenvalue weighted by atomic mass is 19.3. The lowest BCUT2D eigenvalue weighted by molar-refractivity contribution is -0.0494. The fraction of sp³-hybridized carbons (Fsp3) is 0.217. The molecule has 6 nitrogen and oxygen atoms in total. The van der Waals surface area contributed by atoms with Crippen LogP contribution in [0.5, 0.6) is 0 Å². The number of rotatable bonds is 2. The first-order chi connectivity index (χ1) is 14.9. The average Bonchev–Trinajstić information content (AvgIpc) is 2.78. The average molecular weight is 420 g/mol. The van der Waals surface area contributed by atoms with Crippen molar-refractivity contribution in [3.05, 3.63) is 70.9 Å². The van der Waals surface area contributed by atoms with E-state index in [1.165, 1.54) is 11.2 Å². The highest BCUT2D eigenvalue weighted by Crippen LogP contribution is 2.30. The van der Waals surface area contributed by atoms with Crippen molar-refractivity contribution in [1.82, 2.24) is 19.9 Å². The molecule has 1 aliphatic heterocycles. The zero-order chi connectivity index (χ0) is 21.6. The van der Waals surface area contributed by atoms with Gasteiger partial charge in [-0.25, -0.2) is 18.7 Å². The summed E-state index contributed by atoms with van der Waals surface area (Å²) in [7, 11) is 0. The van der Waals surface area contributed by atoms with Gasteiger partial charge >= 0.3 is 0 Å². The van der Waals surface area contributed by atoms with E-state index in [0.717, 1.165) is 21.9 Å². The summed E-state index contributed by atoms with van der Waals surface area (Å²) in [4.78, 5) is 37.0. The summed E-state index contributed by atoms with van der Waals surface area (Å²) < 4.78 is 26.8. The fourth-order valence-corrected chi connectivity index (χ4v) is 3.89. The molecular formula is C23H18F2N4O2. The number of amides is 1. The number of nitrogens with one attached hydrogen (secondary N) is 1. The first kappa shape index (κ1) is 19.3. The molecule has 0 spiro atoms. The molecule has 0 atom stereocenters. The molecule has 4 aromatic rings. The van der Waals surface area contributed by atoms with Crippen LogP contribution >= 0.6 is 0 Å². The molecule has 156 valence electrons. The number of nitrogens with zero attached hydrogens (tertiary/aromatic N) is 3. The van der Waals surface area contributed by atoms with E-state index in [9.17, 15) is 18.4 Å². The van der Waals surface area contributed by atoms with Gasteiger partial charge in [-0.1, -0.05) is 18.2 Å². The lowest BCUT2D eigenvalue weighted by atomic mass is 9.99. The van der Waals surface area contributed by atoms with Gasteiger partial charge in [-0.3, -0.25) is 9.59 Å². The summed E-state index contributed by atoms with van der Waals surface area (Å²) in [6.07, 6.45) is 2.35. The second-order valence-electron chi connectivity index (χ2n) is 7.75. The van der Waals surface area contributed by atoms with Crippen LogP contribution in [0.25, 0.3) is 32.9 Å². The Morgan fingerprint density at radius 2 is 1.74 bits per heavy atom. The summed E-state index contributed by atoms with van der Waals surface area (Å²) in [5.41, 5.74) is 2.60. The highest BCUT2D eigenvalue weighted by molar-refractivity contribution is 5.99. The summed E-state index contributed by atoms with van der Waals surface area (Å²) >= 11 is 0. The van der Waals surface area contributed by atoms with Crippen molar-refractivity contribution >= 4 is 27.7 Å². The van der Waals surface area contributed by atoms with Crippen LogP contribution in [0.15, 0.2) is 59.8 Å². The molecule has 2 aromatic heterocycles.